The van der Waals surface area contributed by atoms with Crippen molar-refractivity contribution in [2.24, 2.45) is 11.8 Å². The largest absolute Gasteiger partial charge is 0.480 e. The van der Waals surface area contributed by atoms with E-state index in [1.165, 1.54) is 4.90 Å². The third-order valence-electron chi connectivity index (χ3n) is 4.41. The zero-order valence-electron chi connectivity index (χ0n) is 11.5. The van der Waals surface area contributed by atoms with E-state index in [1.807, 2.05) is 0 Å². The fraction of sp³-hybridized carbons (Fsp3) is 0.846. The second-order valence-electron chi connectivity index (χ2n) is 5.87. The van der Waals surface area contributed by atoms with E-state index in [0.29, 0.717) is 24.9 Å². The molecule has 0 saturated carbocycles. The summed E-state index contributed by atoms with van der Waals surface area (Å²) in [5.41, 5.74) is 0. The van der Waals surface area contributed by atoms with Crippen molar-refractivity contribution in [3.05, 3.63) is 0 Å². The standard InChI is InChI=1S/C13H22N2O4/c1-8-3-4-14(6-9(8)2)13(19)15-7-10(16)5-11(15)12(17)18/h8-11,16H,3-7H2,1-2H3,(H,17,18). The average molecular weight is 270 g/mol. The van der Waals surface area contributed by atoms with Crippen LogP contribution in [-0.2, 0) is 4.79 Å². The van der Waals surface area contributed by atoms with Crippen LogP contribution in [0.3, 0.4) is 0 Å². The summed E-state index contributed by atoms with van der Waals surface area (Å²) < 4.78 is 0. The summed E-state index contributed by atoms with van der Waals surface area (Å²) in [6.45, 7) is 5.74. The molecule has 4 unspecified atom stereocenters. The number of aliphatic carboxylic acids is 1. The van der Waals surface area contributed by atoms with E-state index >= 15 is 0 Å². The molecule has 2 saturated heterocycles. The molecule has 0 aromatic rings. The number of hydrogen-bond acceptors (Lipinski definition) is 3. The van der Waals surface area contributed by atoms with Crippen molar-refractivity contribution in [1.82, 2.24) is 9.80 Å². The number of aliphatic hydroxyl groups excluding tert-OH is 1. The van der Waals surface area contributed by atoms with Crippen LogP contribution in [-0.4, -0.2) is 63.8 Å². The minimum Gasteiger partial charge on any atom is -0.480 e. The fourth-order valence-corrected chi connectivity index (χ4v) is 2.88. The minimum atomic E-state index is -1.04. The highest BCUT2D eigenvalue weighted by Gasteiger charge is 2.41. The van der Waals surface area contributed by atoms with E-state index in [1.54, 1.807) is 4.90 Å². The lowest BCUT2D eigenvalue weighted by molar-refractivity contribution is -0.141. The lowest BCUT2D eigenvalue weighted by Gasteiger charge is -2.38. The van der Waals surface area contributed by atoms with Crippen LogP contribution in [0.2, 0.25) is 0 Å². The first-order chi connectivity index (χ1) is 8.90. The Hall–Kier alpha value is -1.30. The molecule has 0 aromatic carbocycles. The van der Waals surface area contributed by atoms with Gasteiger partial charge in [0.2, 0.25) is 0 Å². The number of carboxylic acids is 1. The van der Waals surface area contributed by atoms with E-state index in [4.69, 9.17) is 5.11 Å². The molecule has 19 heavy (non-hydrogen) atoms. The number of urea groups is 1. The summed E-state index contributed by atoms with van der Waals surface area (Å²) in [4.78, 5) is 26.6. The average Bonchev–Trinajstić information content (AvgIpc) is 2.74. The molecule has 2 rings (SSSR count). The zero-order chi connectivity index (χ0) is 14.2. The molecular formula is C13H22N2O4. The second kappa shape index (κ2) is 5.36. The first kappa shape index (κ1) is 14.1. The van der Waals surface area contributed by atoms with Crippen LogP contribution in [0.5, 0.6) is 0 Å². The van der Waals surface area contributed by atoms with Crippen LogP contribution in [0.15, 0.2) is 0 Å². The molecule has 4 atom stereocenters. The van der Waals surface area contributed by atoms with Gasteiger partial charge in [-0.2, -0.15) is 0 Å². The topological polar surface area (TPSA) is 81.1 Å². The minimum absolute atomic E-state index is 0.121. The van der Waals surface area contributed by atoms with Gasteiger partial charge < -0.3 is 20.0 Å². The molecule has 0 aliphatic carbocycles. The first-order valence-corrected chi connectivity index (χ1v) is 6.86. The van der Waals surface area contributed by atoms with Crippen molar-refractivity contribution >= 4 is 12.0 Å². The molecule has 2 fully saturated rings. The monoisotopic (exact) mass is 270 g/mol. The third-order valence-corrected chi connectivity index (χ3v) is 4.41. The summed E-state index contributed by atoms with van der Waals surface area (Å²) >= 11 is 0. The molecule has 6 nitrogen and oxygen atoms in total. The van der Waals surface area contributed by atoms with Crippen molar-refractivity contribution in [3.8, 4) is 0 Å². The highest BCUT2D eigenvalue weighted by molar-refractivity contribution is 5.83. The smallest absolute Gasteiger partial charge is 0.326 e. The Morgan fingerprint density at radius 3 is 2.42 bits per heavy atom. The highest BCUT2D eigenvalue weighted by Crippen LogP contribution is 2.26. The maximum atomic E-state index is 12.4. The molecule has 2 amide bonds. The van der Waals surface area contributed by atoms with Gasteiger partial charge in [0.25, 0.3) is 0 Å². The Kier molecular flexibility index (Phi) is 3.99. The maximum Gasteiger partial charge on any atom is 0.326 e. The van der Waals surface area contributed by atoms with Crippen molar-refractivity contribution in [1.29, 1.82) is 0 Å². The normalized spacial score (nSPS) is 35.5. The number of carboxylic acid groups (broad SMARTS) is 1. The van der Waals surface area contributed by atoms with Crippen molar-refractivity contribution in [2.45, 2.75) is 38.8 Å². The number of carbonyl (C=O) groups excluding carboxylic acids is 1. The highest BCUT2D eigenvalue weighted by atomic mass is 16.4. The molecule has 0 bridgehead atoms. The van der Waals surface area contributed by atoms with Gasteiger partial charge in [0.05, 0.1) is 6.10 Å². The predicted molar refractivity (Wildman–Crippen MR) is 68.7 cm³/mol. The molecule has 6 heteroatoms. The lowest BCUT2D eigenvalue weighted by atomic mass is 9.89. The number of nitrogens with zero attached hydrogens (tertiary/aromatic N) is 2. The molecule has 0 radical (unpaired) electrons. The maximum absolute atomic E-state index is 12.4. The van der Waals surface area contributed by atoms with Gasteiger partial charge in [-0.1, -0.05) is 13.8 Å². The number of β-amino-alcohol motifs (C(OH)–C–C–N with tert-alkyl or cyclic N) is 1. The SMILES string of the molecule is CC1CCN(C(=O)N2CC(O)CC2C(=O)O)CC1C. The van der Waals surface area contributed by atoms with E-state index in [0.717, 1.165) is 6.42 Å². The van der Waals surface area contributed by atoms with Crippen LogP contribution < -0.4 is 0 Å². The van der Waals surface area contributed by atoms with Crippen LogP contribution in [0.1, 0.15) is 26.7 Å². The summed E-state index contributed by atoms with van der Waals surface area (Å²) in [5.74, 6) is -0.0275. The number of rotatable bonds is 1. The Morgan fingerprint density at radius 1 is 1.16 bits per heavy atom. The number of aliphatic hydroxyl groups is 1. The van der Waals surface area contributed by atoms with Crippen molar-refractivity contribution < 1.29 is 19.8 Å². The van der Waals surface area contributed by atoms with Crippen LogP contribution >= 0.6 is 0 Å². The van der Waals surface area contributed by atoms with Crippen molar-refractivity contribution in [2.75, 3.05) is 19.6 Å². The van der Waals surface area contributed by atoms with E-state index in [2.05, 4.69) is 13.8 Å². The van der Waals surface area contributed by atoms with Gasteiger partial charge in [-0.25, -0.2) is 9.59 Å². The van der Waals surface area contributed by atoms with E-state index in [9.17, 15) is 14.7 Å². The van der Waals surface area contributed by atoms with Gasteiger partial charge in [-0.05, 0) is 18.3 Å². The molecule has 108 valence electrons. The zero-order valence-corrected chi connectivity index (χ0v) is 11.5. The van der Waals surface area contributed by atoms with Crippen LogP contribution in [0.4, 0.5) is 4.79 Å². The Balaban J connectivity index is 2.04. The quantitative estimate of drug-likeness (QED) is 0.731. The summed E-state index contributed by atoms with van der Waals surface area (Å²) in [6.07, 6.45) is 0.341. The van der Waals surface area contributed by atoms with Gasteiger partial charge in [-0.15, -0.1) is 0 Å². The number of carbonyl (C=O) groups is 2. The second-order valence-corrected chi connectivity index (χ2v) is 5.87. The van der Waals surface area contributed by atoms with Gasteiger partial charge in [0.15, 0.2) is 0 Å². The molecule has 2 heterocycles. The Bertz CT molecular complexity index is 374. The summed E-state index contributed by atoms with van der Waals surface area (Å²) in [5, 5.41) is 18.7. The number of piperidine rings is 1. The molecule has 0 aromatic heterocycles. The van der Waals surface area contributed by atoms with Gasteiger partial charge in [0.1, 0.15) is 6.04 Å². The lowest BCUT2D eigenvalue weighted by Crippen LogP contribution is -2.51. The molecule has 2 aliphatic rings. The van der Waals surface area contributed by atoms with Gasteiger partial charge >= 0.3 is 12.0 Å². The molecular weight excluding hydrogens is 248 g/mol. The van der Waals surface area contributed by atoms with Gasteiger partial charge in [0, 0.05) is 26.1 Å². The molecule has 0 spiro atoms. The molecule has 2 aliphatic heterocycles. The van der Waals surface area contributed by atoms with Gasteiger partial charge in [-0.3, -0.25) is 0 Å². The molecule has 2 N–H and O–H groups in total. The Labute approximate surface area is 113 Å². The number of likely N-dealkylation sites (tertiary alicyclic amines) is 2. The van der Waals surface area contributed by atoms with Crippen LogP contribution in [0.25, 0.3) is 0 Å². The fourth-order valence-electron chi connectivity index (χ4n) is 2.88. The number of hydrogen-bond donors (Lipinski definition) is 2. The summed E-state index contributed by atoms with van der Waals surface area (Å²) in [6, 6.07) is -1.14. The Morgan fingerprint density at radius 2 is 1.84 bits per heavy atom. The third kappa shape index (κ3) is 2.83. The summed E-state index contributed by atoms with van der Waals surface area (Å²) in [7, 11) is 0. The predicted octanol–water partition coefficient (Wildman–Crippen LogP) is 0.604. The van der Waals surface area contributed by atoms with Crippen LogP contribution in [0, 0.1) is 11.8 Å². The first-order valence-electron chi connectivity index (χ1n) is 6.86. The number of amides is 2. The van der Waals surface area contributed by atoms with E-state index < -0.39 is 18.1 Å². The van der Waals surface area contributed by atoms with E-state index in [-0.39, 0.29) is 19.0 Å². The van der Waals surface area contributed by atoms with Crippen molar-refractivity contribution in [3.63, 3.8) is 0 Å².